The number of nitrogens with two attached hydrogens (primary N) is 1. The molecule has 0 radical (unpaired) electrons. The molecule has 0 bridgehead atoms. The van der Waals surface area contributed by atoms with Crippen molar-refractivity contribution in [2.75, 3.05) is 27.7 Å². The summed E-state index contributed by atoms with van der Waals surface area (Å²) >= 11 is 0. The van der Waals surface area contributed by atoms with Gasteiger partial charge in [-0.05, 0) is 40.3 Å². The number of sulfonamides is 1. The minimum absolute atomic E-state index is 0.0455. The molecular weight excluding hydrogens is 290 g/mol. The summed E-state index contributed by atoms with van der Waals surface area (Å²) in [6.45, 7) is 2.34. The van der Waals surface area contributed by atoms with Crippen LogP contribution in [0.4, 0.5) is 0 Å². The maximum atomic E-state index is 12.7. The molecule has 0 aromatic carbocycles. The first kappa shape index (κ1) is 16.5. The van der Waals surface area contributed by atoms with E-state index in [2.05, 4.69) is 4.90 Å². The van der Waals surface area contributed by atoms with Gasteiger partial charge in [-0.15, -0.1) is 0 Å². The van der Waals surface area contributed by atoms with Crippen molar-refractivity contribution < 1.29 is 12.8 Å². The Morgan fingerprint density at radius 1 is 1.33 bits per heavy atom. The monoisotopic (exact) mass is 315 g/mol. The predicted octanol–water partition coefficient (Wildman–Crippen LogP) is 1.15. The van der Waals surface area contributed by atoms with Gasteiger partial charge in [0.2, 0.25) is 10.0 Å². The van der Waals surface area contributed by atoms with Gasteiger partial charge in [-0.1, -0.05) is 0 Å². The molecule has 1 fully saturated rings. The van der Waals surface area contributed by atoms with Gasteiger partial charge in [-0.2, -0.15) is 4.31 Å². The van der Waals surface area contributed by atoms with E-state index in [-0.39, 0.29) is 17.0 Å². The zero-order valence-electron chi connectivity index (χ0n) is 13.2. The van der Waals surface area contributed by atoms with Crippen LogP contribution in [0.3, 0.4) is 0 Å². The Labute approximate surface area is 126 Å². The van der Waals surface area contributed by atoms with E-state index in [4.69, 9.17) is 10.2 Å². The quantitative estimate of drug-likeness (QED) is 0.852. The van der Waals surface area contributed by atoms with Crippen LogP contribution in [0.2, 0.25) is 0 Å². The van der Waals surface area contributed by atoms with Gasteiger partial charge in [0, 0.05) is 25.2 Å². The Bertz CT molecular complexity index is 603. The summed E-state index contributed by atoms with van der Waals surface area (Å²) in [6.07, 6.45) is 3.20. The lowest BCUT2D eigenvalue weighted by molar-refractivity contribution is 0.0455. The van der Waals surface area contributed by atoms with Crippen molar-refractivity contribution in [2.24, 2.45) is 5.73 Å². The zero-order chi connectivity index (χ0) is 15.8. The zero-order valence-corrected chi connectivity index (χ0v) is 14.0. The Morgan fingerprint density at radius 3 is 2.33 bits per heavy atom. The van der Waals surface area contributed by atoms with Crippen LogP contribution in [-0.2, 0) is 16.6 Å². The maximum absolute atomic E-state index is 12.7. The van der Waals surface area contributed by atoms with Gasteiger partial charge in [0.15, 0.2) is 0 Å². The third kappa shape index (κ3) is 2.88. The molecule has 1 aliphatic carbocycles. The first-order valence-electron chi connectivity index (χ1n) is 7.16. The van der Waals surface area contributed by atoms with Crippen molar-refractivity contribution in [3.63, 3.8) is 0 Å². The second-order valence-electron chi connectivity index (χ2n) is 6.07. The molecule has 0 unspecified atom stereocenters. The van der Waals surface area contributed by atoms with Crippen LogP contribution >= 0.6 is 0 Å². The van der Waals surface area contributed by atoms with E-state index in [1.807, 2.05) is 14.1 Å². The van der Waals surface area contributed by atoms with Gasteiger partial charge in [-0.3, -0.25) is 0 Å². The average Bonchev–Trinajstić information content (AvgIpc) is 2.74. The lowest BCUT2D eigenvalue weighted by Crippen LogP contribution is -2.57. The highest BCUT2D eigenvalue weighted by atomic mass is 32.2. The minimum Gasteiger partial charge on any atom is -0.464 e. The maximum Gasteiger partial charge on any atom is 0.246 e. The Morgan fingerprint density at radius 2 is 1.95 bits per heavy atom. The van der Waals surface area contributed by atoms with Crippen molar-refractivity contribution in [1.29, 1.82) is 0 Å². The molecule has 2 N–H and O–H groups in total. The number of hydrogen-bond donors (Lipinski definition) is 1. The minimum atomic E-state index is -3.54. The van der Waals surface area contributed by atoms with Crippen molar-refractivity contribution in [3.8, 4) is 0 Å². The summed E-state index contributed by atoms with van der Waals surface area (Å²) < 4.78 is 32.3. The highest BCUT2D eigenvalue weighted by molar-refractivity contribution is 7.89. The topological polar surface area (TPSA) is 79.8 Å². The van der Waals surface area contributed by atoms with Gasteiger partial charge in [0.25, 0.3) is 0 Å². The fourth-order valence-corrected chi connectivity index (χ4v) is 4.31. The van der Waals surface area contributed by atoms with Crippen LogP contribution in [0, 0.1) is 6.92 Å². The van der Waals surface area contributed by atoms with Crippen LogP contribution in [0.25, 0.3) is 0 Å². The normalized spacial score (nSPS) is 18.2. The van der Waals surface area contributed by atoms with E-state index < -0.39 is 10.0 Å². The number of furan rings is 1. The molecule has 0 amide bonds. The van der Waals surface area contributed by atoms with E-state index in [0.717, 1.165) is 19.3 Å². The Kier molecular flexibility index (Phi) is 4.49. The fraction of sp³-hybridized carbons (Fsp3) is 0.714. The first-order chi connectivity index (χ1) is 9.73. The van der Waals surface area contributed by atoms with E-state index in [0.29, 0.717) is 18.1 Å². The van der Waals surface area contributed by atoms with Crippen LogP contribution in [0.5, 0.6) is 0 Å². The number of rotatable bonds is 6. The van der Waals surface area contributed by atoms with Crippen molar-refractivity contribution >= 4 is 10.0 Å². The summed E-state index contributed by atoms with van der Waals surface area (Å²) in [6, 6.07) is 1.53. The highest BCUT2D eigenvalue weighted by Gasteiger charge is 2.42. The summed E-state index contributed by atoms with van der Waals surface area (Å²) in [4.78, 5) is 2.36. The van der Waals surface area contributed by atoms with Gasteiger partial charge < -0.3 is 15.1 Å². The van der Waals surface area contributed by atoms with Crippen LogP contribution in [-0.4, -0.2) is 50.8 Å². The molecule has 1 aromatic rings. The average molecular weight is 315 g/mol. The van der Waals surface area contributed by atoms with E-state index >= 15 is 0 Å². The van der Waals surface area contributed by atoms with Crippen molar-refractivity contribution in [2.45, 2.75) is 43.2 Å². The Hall–Kier alpha value is -0.890. The second kappa shape index (κ2) is 5.72. The second-order valence-corrected chi connectivity index (χ2v) is 8.08. The standard InChI is InChI=1S/C14H25N3O3S/c1-11-13(8-12(9-15)20-11)21(18,19)17(4)10-14(16(2)3)6-5-7-14/h8H,5-7,9-10,15H2,1-4H3. The molecule has 1 heterocycles. The third-order valence-electron chi connectivity index (χ3n) is 4.56. The first-order valence-corrected chi connectivity index (χ1v) is 8.60. The largest absolute Gasteiger partial charge is 0.464 e. The smallest absolute Gasteiger partial charge is 0.246 e. The number of nitrogens with zero attached hydrogens (tertiary/aromatic N) is 2. The van der Waals surface area contributed by atoms with Crippen LogP contribution in [0.15, 0.2) is 15.4 Å². The van der Waals surface area contributed by atoms with Gasteiger partial charge in [0.1, 0.15) is 16.4 Å². The summed E-state index contributed by atoms with van der Waals surface area (Å²) in [5.41, 5.74) is 5.47. The van der Waals surface area contributed by atoms with Gasteiger partial charge >= 0.3 is 0 Å². The molecular formula is C14H25N3O3S. The molecule has 21 heavy (non-hydrogen) atoms. The molecule has 0 spiro atoms. The molecule has 1 aromatic heterocycles. The highest BCUT2D eigenvalue weighted by Crippen LogP contribution is 2.37. The number of likely N-dealkylation sites (N-methyl/N-ethyl adjacent to an activating group) is 2. The Balaban J connectivity index is 2.24. The lowest BCUT2D eigenvalue weighted by Gasteiger charge is -2.48. The molecule has 2 rings (SSSR count). The van der Waals surface area contributed by atoms with E-state index in [1.54, 1.807) is 14.0 Å². The summed E-state index contributed by atoms with van der Waals surface area (Å²) in [7, 11) is 2.11. The molecule has 1 saturated carbocycles. The molecule has 7 heteroatoms. The van der Waals surface area contributed by atoms with E-state index in [1.165, 1.54) is 10.4 Å². The predicted molar refractivity (Wildman–Crippen MR) is 81.4 cm³/mol. The molecule has 0 saturated heterocycles. The van der Waals surface area contributed by atoms with Gasteiger partial charge in [0.05, 0.1) is 6.54 Å². The van der Waals surface area contributed by atoms with Crippen LogP contribution < -0.4 is 5.73 Å². The van der Waals surface area contributed by atoms with E-state index in [9.17, 15) is 8.42 Å². The van der Waals surface area contributed by atoms with Crippen molar-refractivity contribution in [1.82, 2.24) is 9.21 Å². The summed E-state index contributed by atoms with van der Waals surface area (Å²) in [5.74, 6) is 0.889. The number of aryl methyl sites for hydroxylation is 1. The molecule has 0 atom stereocenters. The molecule has 120 valence electrons. The number of hydrogen-bond acceptors (Lipinski definition) is 5. The third-order valence-corrected chi connectivity index (χ3v) is 6.47. The SMILES string of the molecule is Cc1oc(CN)cc1S(=O)(=O)N(C)CC1(N(C)C)CCC1. The van der Waals surface area contributed by atoms with Crippen LogP contribution in [0.1, 0.15) is 30.8 Å². The summed E-state index contributed by atoms with van der Waals surface area (Å²) in [5, 5.41) is 0. The lowest BCUT2D eigenvalue weighted by atomic mass is 9.75. The molecule has 0 aliphatic heterocycles. The molecule has 6 nitrogen and oxygen atoms in total. The van der Waals surface area contributed by atoms with Crippen molar-refractivity contribution in [3.05, 3.63) is 17.6 Å². The molecule has 1 aliphatic rings. The van der Waals surface area contributed by atoms with Gasteiger partial charge in [-0.25, -0.2) is 8.42 Å². The fourth-order valence-electron chi connectivity index (χ4n) is 2.88.